The van der Waals surface area contributed by atoms with Crippen LogP contribution in [-0.4, -0.2) is 37.0 Å². The van der Waals surface area contributed by atoms with Crippen molar-refractivity contribution in [2.75, 3.05) is 30.0 Å². The third-order valence-corrected chi connectivity index (χ3v) is 7.35. The molecule has 1 amide bonds. The Kier molecular flexibility index (Phi) is 6.91. The lowest BCUT2D eigenvalue weighted by Gasteiger charge is -2.29. The summed E-state index contributed by atoms with van der Waals surface area (Å²) in [7, 11) is 1.53. The second kappa shape index (κ2) is 10.3. The number of aliphatic hydroxyl groups excluding tert-OH is 1. The largest absolute Gasteiger partial charge is 0.503 e. The number of ether oxygens (including phenoxy) is 1. The molecule has 0 saturated carbocycles. The zero-order valence-corrected chi connectivity index (χ0v) is 22.8. The Morgan fingerprint density at radius 2 is 1.74 bits per heavy atom. The summed E-state index contributed by atoms with van der Waals surface area (Å²) in [4.78, 5) is 31.3. The number of methoxy groups -OCH3 is 1. The molecule has 4 aromatic rings. The molecule has 7 heteroatoms. The number of aliphatic hydroxyl groups is 1. The van der Waals surface area contributed by atoms with Crippen molar-refractivity contribution in [2.24, 2.45) is 0 Å². The molecule has 3 aromatic carbocycles. The summed E-state index contributed by atoms with van der Waals surface area (Å²) in [6.45, 7) is 9.79. The fourth-order valence-corrected chi connectivity index (χ4v) is 5.37. The predicted molar refractivity (Wildman–Crippen MR) is 153 cm³/mol. The number of ketones is 1. The molecular formula is C32H32N2O5. The number of para-hydroxylation sites is 1. The number of hydrogen-bond donors (Lipinski definition) is 1. The highest BCUT2D eigenvalue weighted by molar-refractivity contribution is 6.21. The Bertz CT molecular complexity index is 1590. The molecule has 1 aliphatic rings. The van der Waals surface area contributed by atoms with Gasteiger partial charge >= 0.3 is 0 Å². The van der Waals surface area contributed by atoms with Crippen molar-refractivity contribution in [1.82, 2.24) is 0 Å². The summed E-state index contributed by atoms with van der Waals surface area (Å²) in [5.74, 6) is -1.24. The number of benzene rings is 3. The number of nitrogens with zero attached hydrogens (tertiary/aromatic N) is 2. The molecule has 39 heavy (non-hydrogen) atoms. The normalized spacial score (nSPS) is 15.4. The smallest absolute Gasteiger partial charge is 0.294 e. The van der Waals surface area contributed by atoms with E-state index in [4.69, 9.17) is 9.15 Å². The summed E-state index contributed by atoms with van der Waals surface area (Å²) < 4.78 is 11.3. The lowest BCUT2D eigenvalue weighted by Crippen LogP contribution is -2.31. The number of furan rings is 1. The van der Waals surface area contributed by atoms with Gasteiger partial charge in [-0.1, -0.05) is 42.0 Å². The molecule has 1 aliphatic heterocycles. The van der Waals surface area contributed by atoms with E-state index >= 15 is 0 Å². The Morgan fingerprint density at radius 3 is 2.38 bits per heavy atom. The fourth-order valence-electron chi connectivity index (χ4n) is 5.37. The summed E-state index contributed by atoms with van der Waals surface area (Å²) in [5, 5.41) is 11.9. The maximum absolute atomic E-state index is 14.0. The minimum atomic E-state index is -0.840. The van der Waals surface area contributed by atoms with Crippen LogP contribution in [0, 0.1) is 13.8 Å². The van der Waals surface area contributed by atoms with Gasteiger partial charge in [0.25, 0.3) is 5.91 Å². The first kappa shape index (κ1) is 26.1. The third kappa shape index (κ3) is 4.44. The molecule has 1 aromatic heterocycles. The maximum Gasteiger partial charge on any atom is 0.294 e. The van der Waals surface area contributed by atoms with Gasteiger partial charge in [-0.2, -0.15) is 0 Å². The number of Topliss-reactive ketones (excluding diaryl/α,β-unsaturated/α-hetero) is 1. The van der Waals surface area contributed by atoms with Crippen LogP contribution < -0.4 is 14.5 Å². The van der Waals surface area contributed by atoms with E-state index < -0.39 is 23.5 Å². The second-order valence-corrected chi connectivity index (χ2v) is 9.71. The van der Waals surface area contributed by atoms with Crippen LogP contribution in [0.1, 0.15) is 47.1 Å². The number of hydrogen-bond acceptors (Lipinski definition) is 6. The number of aryl methyl sites for hydroxylation is 2. The molecule has 7 nitrogen and oxygen atoms in total. The van der Waals surface area contributed by atoms with E-state index in [0.29, 0.717) is 28.0 Å². The average Bonchev–Trinajstić information content (AvgIpc) is 3.49. The van der Waals surface area contributed by atoms with E-state index in [-0.39, 0.29) is 11.3 Å². The molecule has 0 radical (unpaired) electrons. The van der Waals surface area contributed by atoms with Gasteiger partial charge in [0.1, 0.15) is 0 Å². The standard InChI is InChI=1S/C32H32N2O5/c1-6-33(7-2)23-14-12-21(13-15-23)28-27(29(35)26-18-22-9-8-10-25(38-5)31(22)39-26)30(36)32(37)34(28)24-16-11-19(3)17-20(24)4/h8-18,28,36H,6-7H2,1-5H3. The van der Waals surface area contributed by atoms with Crippen LogP contribution >= 0.6 is 0 Å². The number of rotatable bonds is 8. The zero-order chi connectivity index (χ0) is 27.8. The summed E-state index contributed by atoms with van der Waals surface area (Å²) in [6, 6.07) is 19.7. The van der Waals surface area contributed by atoms with Crippen molar-refractivity contribution in [3.63, 3.8) is 0 Å². The van der Waals surface area contributed by atoms with Crippen molar-refractivity contribution >= 4 is 34.0 Å². The van der Waals surface area contributed by atoms with Crippen LogP contribution in [-0.2, 0) is 4.79 Å². The van der Waals surface area contributed by atoms with Gasteiger partial charge in [-0.05, 0) is 69.2 Å². The maximum atomic E-state index is 14.0. The van der Waals surface area contributed by atoms with E-state index in [2.05, 4.69) is 18.7 Å². The van der Waals surface area contributed by atoms with E-state index in [1.54, 1.807) is 12.1 Å². The van der Waals surface area contributed by atoms with Crippen LogP contribution in [0.25, 0.3) is 11.0 Å². The van der Waals surface area contributed by atoms with Crippen LogP contribution in [0.2, 0.25) is 0 Å². The minimum absolute atomic E-state index is 0.0198. The van der Waals surface area contributed by atoms with Crippen molar-refractivity contribution in [2.45, 2.75) is 33.7 Å². The lowest BCUT2D eigenvalue weighted by atomic mass is 9.94. The van der Waals surface area contributed by atoms with E-state index in [9.17, 15) is 14.7 Å². The molecule has 0 fully saturated rings. The lowest BCUT2D eigenvalue weighted by molar-refractivity contribution is -0.117. The monoisotopic (exact) mass is 524 g/mol. The Hall–Kier alpha value is -4.52. The first-order valence-electron chi connectivity index (χ1n) is 13.1. The third-order valence-electron chi connectivity index (χ3n) is 7.35. The summed E-state index contributed by atoms with van der Waals surface area (Å²) in [5.41, 5.74) is 4.70. The Balaban J connectivity index is 1.65. The number of amides is 1. The molecule has 2 heterocycles. The zero-order valence-electron chi connectivity index (χ0n) is 22.8. The molecular weight excluding hydrogens is 492 g/mol. The Labute approximate surface area is 227 Å². The van der Waals surface area contributed by atoms with Gasteiger partial charge < -0.3 is 19.2 Å². The quantitative estimate of drug-likeness (QED) is 0.259. The van der Waals surface area contributed by atoms with E-state index in [1.165, 1.54) is 12.0 Å². The number of carbonyl (C=O) groups excluding carboxylic acids is 2. The van der Waals surface area contributed by atoms with Crippen molar-refractivity contribution in [3.05, 3.63) is 101 Å². The van der Waals surface area contributed by atoms with Crippen molar-refractivity contribution in [3.8, 4) is 5.75 Å². The summed E-state index contributed by atoms with van der Waals surface area (Å²) in [6.07, 6.45) is 0. The van der Waals surface area contributed by atoms with Crippen LogP contribution in [0.5, 0.6) is 5.75 Å². The van der Waals surface area contributed by atoms with E-state index in [0.717, 1.165) is 29.9 Å². The topological polar surface area (TPSA) is 83.2 Å². The molecule has 1 N–H and O–H groups in total. The predicted octanol–water partition coefficient (Wildman–Crippen LogP) is 6.69. The highest BCUT2D eigenvalue weighted by Crippen LogP contribution is 2.44. The molecule has 5 rings (SSSR count). The highest BCUT2D eigenvalue weighted by atomic mass is 16.5. The number of anilines is 2. The van der Waals surface area contributed by atoms with Crippen molar-refractivity contribution in [1.29, 1.82) is 0 Å². The number of carbonyl (C=O) groups is 2. The van der Waals surface area contributed by atoms with Gasteiger partial charge in [-0.3, -0.25) is 14.5 Å². The van der Waals surface area contributed by atoms with Crippen LogP contribution in [0.15, 0.2) is 82.5 Å². The first-order valence-corrected chi connectivity index (χ1v) is 13.1. The van der Waals surface area contributed by atoms with Crippen LogP contribution in [0.3, 0.4) is 0 Å². The van der Waals surface area contributed by atoms with Gasteiger partial charge in [0.15, 0.2) is 22.9 Å². The van der Waals surface area contributed by atoms with Crippen molar-refractivity contribution < 1.29 is 23.8 Å². The molecule has 1 unspecified atom stereocenters. The van der Waals surface area contributed by atoms with Gasteiger partial charge in [-0.25, -0.2) is 0 Å². The molecule has 1 atom stereocenters. The highest BCUT2D eigenvalue weighted by Gasteiger charge is 2.45. The molecule has 0 spiro atoms. The minimum Gasteiger partial charge on any atom is -0.503 e. The SMILES string of the molecule is CCN(CC)c1ccc(C2C(C(=O)c3cc4cccc(OC)c4o3)=C(O)C(=O)N2c2ccc(C)cc2C)cc1. The van der Waals surface area contributed by atoms with Gasteiger partial charge in [0.05, 0.1) is 18.7 Å². The first-order chi connectivity index (χ1) is 18.8. The molecule has 200 valence electrons. The molecule has 0 saturated heterocycles. The number of fused-ring (bicyclic) bond motifs is 1. The van der Waals surface area contributed by atoms with Gasteiger partial charge in [-0.15, -0.1) is 0 Å². The van der Waals surface area contributed by atoms with Gasteiger partial charge in [0.2, 0.25) is 5.78 Å². The fraction of sp³-hybridized carbons (Fsp3) is 0.250. The Morgan fingerprint density at radius 1 is 1.03 bits per heavy atom. The molecule has 0 aliphatic carbocycles. The molecule has 0 bridgehead atoms. The average molecular weight is 525 g/mol. The van der Waals surface area contributed by atoms with E-state index in [1.807, 2.05) is 68.4 Å². The second-order valence-electron chi connectivity index (χ2n) is 9.71. The van der Waals surface area contributed by atoms with Crippen LogP contribution in [0.4, 0.5) is 11.4 Å². The summed E-state index contributed by atoms with van der Waals surface area (Å²) >= 11 is 0. The van der Waals surface area contributed by atoms with Gasteiger partial charge in [0, 0.05) is 29.9 Å².